The fourth-order valence-electron chi connectivity index (χ4n) is 9.28. The van der Waals surface area contributed by atoms with Gasteiger partial charge in [-0.3, -0.25) is 4.79 Å². The molecule has 4 unspecified atom stereocenters. The molecule has 0 aromatic carbocycles. The number of cyclic esters (lactones) is 1. The first-order valence-corrected chi connectivity index (χ1v) is 19.2. The quantitative estimate of drug-likeness (QED) is 0.110. The molecule has 0 radical (unpaired) electrons. The molecule has 4 saturated heterocycles. The average Bonchev–Trinajstić information content (AvgIpc) is 3.90. The molecule has 4 aliphatic heterocycles. The van der Waals surface area contributed by atoms with Crippen molar-refractivity contribution in [3.05, 3.63) is 0 Å². The van der Waals surface area contributed by atoms with E-state index in [0.717, 1.165) is 0 Å². The summed E-state index contributed by atoms with van der Waals surface area (Å²) in [5.74, 6) is -4.10. The van der Waals surface area contributed by atoms with E-state index in [1.54, 1.807) is 48.7 Å². The van der Waals surface area contributed by atoms with Gasteiger partial charge in [0.15, 0.2) is 12.6 Å². The number of nitrogens with zero attached hydrogens (tertiary/aromatic N) is 2. The van der Waals surface area contributed by atoms with Gasteiger partial charge in [0.2, 0.25) is 0 Å². The van der Waals surface area contributed by atoms with Gasteiger partial charge in [0.25, 0.3) is 0 Å². The summed E-state index contributed by atoms with van der Waals surface area (Å²) in [6.45, 7) is 17.7. The van der Waals surface area contributed by atoms with Gasteiger partial charge in [-0.25, -0.2) is 0 Å². The highest BCUT2D eigenvalue weighted by Crippen LogP contribution is 2.51. The number of hydrogen-bond donors (Lipinski definition) is 5. The summed E-state index contributed by atoms with van der Waals surface area (Å²) in [7, 11) is 5.34. The van der Waals surface area contributed by atoms with Crippen molar-refractivity contribution in [2.24, 2.45) is 28.8 Å². The number of esters is 1. The first-order valence-electron chi connectivity index (χ1n) is 19.2. The van der Waals surface area contributed by atoms with E-state index in [0.29, 0.717) is 13.0 Å². The van der Waals surface area contributed by atoms with Crippen molar-refractivity contribution in [1.29, 1.82) is 0 Å². The number of oxime groups is 1. The Morgan fingerprint density at radius 2 is 1.58 bits per heavy atom. The van der Waals surface area contributed by atoms with Crippen molar-refractivity contribution in [2.75, 3.05) is 27.8 Å². The monoisotopic (exact) mass is 760 g/mol. The molecule has 15 nitrogen and oxygen atoms in total. The lowest BCUT2D eigenvalue weighted by Gasteiger charge is -2.49. The molecular weight excluding hydrogens is 692 g/mol. The molecule has 1 spiro atoms. The molecule has 4 aliphatic rings. The standard InChI is InChI=1S/C38H68N2O13/c1-14-26-37(10,45)31(42)21(4)28(39-46)19(2)16-35(8,44)32(53-34-29(41)25(40(11)12)15-20(3)49-34)22(5)30(23(6)33(43)51-26)52-27-17-36(9,47-13)38(18-48-38)24(7)50-27/h19-27,29-32,34,41-42,44-46H,14-18H2,1-13H3/b39-28+/t19-,20?,21+,22+,23-,24?,25-,26-,27+,29?,30+,31-,32-,34+,35-,36?,37-,38+/m1/s1. The maximum Gasteiger partial charge on any atom is 0.311 e. The summed E-state index contributed by atoms with van der Waals surface area (Å²) in [5.41, 5.74) is -5.00. The predicted octanol–water partition coefficient (Wildman–Crippen LogP) is 2.45. The number of hydrogen-bond acceptors (Lipinski definition) is 15. The maximum atomic E-state index is 14.2. The Kier molecular flexibility index (Phi) is 13.8. The number of aliphatic hydroxyl groups excluding tert-OH is 2. The fraction of sp³-hybridized carbons (Fsp3) is 0.947. The number of epoxide rings is 1. The number of aliphatic hydroxyl groups is 4. The van der Waals surface area contributed by atoms with Crippen molar-refractivity contribution < 1.29 is 63.6 Å². The molecule has 0 aliphatic carbocycles. The highest BCUT2D eigenvalue weighted by atomic mass is 16.7. The van der Waals surface area contributed by atoms with Crippen molar-refractivity contribution >= 4 is 11.7 Å². The molecule has 0 bridgehead atoms. The van der Waals surface area contributed by atoms with Crippen molar-refractivity contribution in [3.8, 4) is 0 Å². The third kappa shape index (κ3) is 8.60. The Bertz CT molecular complexity index is 1280. The summed E-state index contributed by atoms with van der Waals surface area (Å²) in [6, 6.07) is -0.308. The number of rotatable bonds is 7. The SMILES string of the molecule is CC[C@H]1OC(=O)[C@H](C)[C@@H](O[C@H]2CC(C)(OC)[C@]3(CO3)C(C)O2)[C@H](C)[C@@H](O[C@@H]2OC(C)C[C@@H](N(C)C)C2O)[C@](C)(O)C[C@@H](C)/C(=N\O)[C@H](C)[C@@H](O)[C@]1(C)O. The fourth-order valence-corrected chi connectivity index (χ4v) is 9.28. The van der Waals surface area contributed by atoms with Crippen molar-refractivity contribution in [3.63, 3.8) is 0 Å². The van der Waals surface area contributed by atoms with Crippen LogP contribution in [0.3, 0.4) is 0 Å². The van der Waals surface area contributed by atoms with Gasteiger partial charge in [0.05, 0.1) is 54.4 Å². The predicted molar refractivity (Wildman–Crippen MR) is 193 cm³/mol. The molecule has 4 fully saturated rings. The lowest BCUT2D eigenvalue weighted by atomic mass is 9.73. The van der Waals surface area contributed by atoms with Crippen LogP contribution in [0.5, 0.6) is 0 Å². The van der Waals surface area contributed by atoms with Crippen LogP contribution >= 0.6 is 0 Å². The number of carbonyl (C=O) groups is 1. The van der Waals surface area contributed by atoms with Crippen molar-refractivity contribution in [1.82, 2.24) is 4.90 Å². The highest BCUT2D eigenvalue weighted by molar-refractivity contribution is 5.88. The molecule has 15 heteroatoms. The molecule has 53 heavy (non-hydrogen) atoms. The Morgan fingerprint density at radius 1 is 0.962 bits per heavy atom. The number of carbonyl (C=O) groups excluding carboxylic acids is 1. The smallest absolute Gasteiger partial charge is 0.311 e. The third-order valence-electron chi connectivity index (χ3n) is 12.9. The van der Waals surface area contributed by atoms with Crippen LogP contribution in [0.15, 0.2) is 5.16 Å². The first kappa shape index (κ1) is 44.2. The Labute approximate surface area is 315 Å². The summed E-state index contributed by atoms with van der Waals surface area (Å²) in [6.07, 6.45) is -7.78. The van der Waals surface area contributed by atoms with E-state index in [1.807, 2.05) is 39.8 Å². The lowest BCUT2D eigenvalue weighted by Crippen LogP contribution is -2.62. The number of methoxy groups -OCH3 is 1. The topological polar surface area (TPSA) is 202 Å². The van der Waals surface area contributed by atoms with E-state index in [1.165, 1.54) is 6.92 Å². The van der Waals surface area contributed by atoms with Gasteiger partial charge in [0, 0.05) is 37.3 Å². The zero-order valence-corrected chi connectivity index (χ0v) is 34.0. The summed E-state index contributed by atoms with van der Waals surface area (Å²) < 4.78 is 43.9. The van der Waals surface area contributed by atoms with Gasteiger partial charge in [-0.05, 0) is 74.9 Å². The van der Waals surface area contributed by atoms with Gasteiger partial charge in [-0.1, -0.05) is 32.9 Å². The largest absolute Gasteiger partial charge is 0.459 e. The minimum atomic E-state index is -1.95. The highest BCUT2D eigenvalue weighted by Gasteiger charge is 2.67. The van der Waals surface area contributed by atoms with Crippen molar-refractivity contribution in [2.45, 2.75) is 179 Å². The Balaban J connectivity index is 1.84. The van der Waals surface area contributed by atoms with E-state index in [9.17, 15) is 30.4 Å². The van der Waals surface area contributed by atoms with E-state index < -0.39 is 101 Å². The van der Waals surface area contributed by atoms with Crippen LogP contribution in [-0.2, 0) is 38.0 Å². The number of likely N-dealkylation sites (N-methyl/N-ethyl adjacent to an activating group) is 1. The molecule has 18 atom stereocenters. The molecular formula is C38H68N2O13. The van der Waals surface area contributed by atoms with E-state index >= 15 is 0 Å². The molecule has 0 aromatic heterocycles. The van der Waals surface area contributed by atoms with Gasteiger partial charge < -0.3 is 63.7 Å². The zero-order chi connectivity index (χ0) is 40.0. The van der Waals surface area contributed by atoms with Gasteiger partial charge in [-0.2, -0.15) is 0 Å². The average molecular weight is 761 g/mol. The molecule has 0 saturated carbocycles. The van der Waals surface area contributed by atoms with Gasteiger partial charge >= 0.3 is 5.97 Å². The van der Waals surface area contributed by atoms with Crippen LogP contribution in [0.4, 0.5) is 0 Å². The zero-order valence-electron chi connectivity index (χ0n) is 34.0. The van der Waals surface area contributed by atoms with E-state index in [-0.39, 0.29) is 37.1 Å². The number of ether oxygens (including phenoxy) is 7. The van der Waals surface area contributed by atoms with Crippen LogP contribution in [0.2, 0.25) is 0 Å². The van der Waals surface area contributed by atoms with E-state index in [2.05, 4.69) is 5.16 Å². The van der Waals surface area contributed by atoms with Crippen LogP contribution in [0, 0.1) is 23.7 Å². The molecule has 0 amide bonds. The van der Waals surface area contributed by atoms with Gasteiger partial charge in [0.1, 0.15) is 29.0 Å². The van der Waals surface area contributed by atoms with Crippen LogP contribution in [0.1, 0.15) is 94.9 Å². The second-order valence-electron chi connectivity index (χ2n) is 17.2. The lowest BCUT2D eigenvalue weighted by molar-refractivity contribution is -0.315. The summed E-state index contributed by atoms with van der Waals surface area (Å²) in [4.78, 5) is 16.1. The second kappa shape index (κ2) is 16.5. The maximum absolute atomic E-state index is 14.2. The molecule has 308 valence electrons. The van der Waals surface area contributed by atoms with E-state index in [4.69, 9.17) is 33.2 Å². The molecule has 0 aromatic rings. The van der Waals surface area contributed by atoms with Gasteiger partial charge in [-0.15, -0.1) is 0 Å². The summed E-state index contributed by atoms with van der Waals surface area (Å²) in [5, 5.41) is 61.1. The molecule has 4 rings (SSSR count). The van der Waals surface area contributed by atoms with Crippen LogP contribution < -0.4 is 0 Å². The van der Waals surface area contributed by atoms with Crippen LogP contribution in [0.25, 0.3) is 0 Å². The second-order valence-corrected chi connectivity index (χ2v) is 17.2. The molecule has 4 heterocycles. The first-order chi connectivity index (χ1) is 24.5. The minimum absolute atomic E-state index is 0.0442. The normalized spacial score (nSPS) is 51.3. The Hall–Kier alpha value is -1.50. The Morgan fingerprint density at radius 3 is 2.11 bits per heavy atom. The summed E-state index contributed by atoms with van der Waals surface area (Å²) >= 11 is 0. The minimum Gasteiger partial charge on any atom is -0.459 e. The van der Waals surface area contributed by atoms with Crippen LogP contribution in [-0.4, -0.2) is 154 Å². The third-order valence-corrected chi connectivity index (χ3v) is 12.9. The molecule has 5 N–H and O–H groups in total.